The molecule has 8 heteroatoms. The fraction of sp³-hybridized carbons (Fsp3) is 0.267. The summed E-state index contributed by atoms with van der Waals surface area (Å²) in [5.74, 6) is 0.726. The largest absolute Gasteiger partial charge is 0.497 e. The number of benzene rings is 3. The van der Waals surface area contributed by atoms with Gasteiger partial charge >= 0.3 is 0 Å². The highest BCUT2D eigenvalue weighted by atomic mass is 19.1. The number of halogens is 1. The van der Waals surface area contributed by atoms with Gasteiger partial charge in [0.25, 0.3) is 0 Å². The number of amides is 2. The first-order valence-electron chi connectivity index (χ1n) is 12.6. The van der Waals surface area contributed by atoms with Crippen LogP contribution in [0.3, 0.4) is 0 Å². The number of rotatable bonds is 6. The summed E-state index contributed by atoms with van der Waals surface area (Å²) in [6, 6.07) is 18.5. The van der Waals surface area contributed by atoms with Gasteiger partial charge in [0.2, 0.25) is 11.8 Å². The van der Waals surface area contributed by atoms with Crippen LogP contribution in [0.25, 0.3) is 10.9 Å². The number of piperazine rings is 1. The molecule has 1 N–H and O–H groups in total. The first-order valence-corrected chi connectivity index (χ1v) is 12.6. The van der Waals surface area contributed by atoms with E-state index in [0.29, 0.717) is 30.9 Å². The number of hydrogen-bond donors (Lipinski definition) is 1. The van der Waals surface area contributed by atoms with Gasteiger partial charge < -0.3 is 24.3 Å². The summed E-state index contributed by atoms with van der Waals surface area (Å²) in [7, 11) is 3.19. The van der Waals surface area contributed by atoms with Crippen molar-refractivity contribution in [3.05, 3.63) is 94.9 Å². The number of para-hydroxylation sites is 1. The fourth-order valence-electron chi connectivity index (χ4n) is 5.81. The second-order valence-corrected chi connectivity index (χ2v) is 9.73. The lowest BCUT2D eigenvalue weighted by molar-refractivity contribution is -0.158. The molecule has 0 saturated carbocycles. The Kier molecular flexibility index (Phi) is 6.02. The van der Waals surface area contributed by atoms with E-state index in [1.165, 1.54) is 12.1 Å². The van der Waals surface area contributed by atoms with Crippen LogP contribution in [0.15, 0.2) is 66.7 Å². The van der Waals surface area contributed by atoms with Gasteiger partial charge in [-0.1, -0.05) is 30.3 Å². The molecule has 0 radical (unpaired) electrons. The molecule has 7 nitrogen and oxygen atoms in total. The maximum Gasteiger partial charge on any atom is 0.246 e. The second-order valence-electron chi connectivity index (χ2n) is 9.73. The van der Waals surface area contributed by atoms with Gasteiger partial charge in [0.1, 0.15) is 29.4 Å². The SMILES string of the molecule is COc1ccc(OC)c(C2c3[nH]c4ccccc4c3CC3C(=O)N(CCc4ccc(F)cc4)CC(=O)N32)c1. The summed E-state index contributed by atoms with van der Waals surface area (Å²) in [6.07, 6.45) is 0.956. The average Bonchev–Trinajstić information content (AvgIpc) is 3.32. The van der Waals surface area contributed by atoms with E-state index in [1.54, 1.807) is 36.2 Å². The van der Waals surface area contributed by atoms with Gasteiger partial charge in [-0.05, 0) is 53.9 Å². The molecule has 38 heavy (non-hydrogen) atoms. The Morgan fingerprint density at radius 3 is 2.55 bits per heavy atom. The molecule has 2 aliphatic heterocycles. The Hall–Kier alpha value is -4.33. The van der Waals surface area contributed by atoms with E-state index in [2.05, 4.69) is 4.98 Å². The second kappa shape index (κ2) is 9.52. The van der Waals surface area contributed by atoms with Crippen molar-refractivity contribution in [3.63, 3.8) is 0 Å². The molecule has 3 aromatic carbocycles. The number of nitrogens with one attached hydrogen (secondary N) is 1. The van der Waals surface area contributed by atoms with Crippen LogP contribution in [0.1, 0.15) is 28.4 Å². The highest BCUT2D eigenvalue weighted by molar-refractivity contribution is 5.97. The highest BCUT2D eigenvalue weighted by Crippen LogP contribution is 2.45. The van der Waals surface area contributed by atoms with Gasteiger partial charge in [-0.3, -0.25) is 9.59 Å². The molecule has 2 amide bonds. The fourth-order valence-corrected chi connectivity index (χ4v) is 5.81. The predicted molar refractivity (Wildman–Crippen MR) is 141 cm³/mol. The molecule has 2 atom stereocenters. The number of methoxy groups -OCH3 is 2. The van der Waals surface area contributed by atoms with Crippen molar-refractivity contribution >= 4 is 22.7 Å². The quantitative estimate of drug-likeness (QED) is 0.418. The van der Waals surface area contributed by atoms with Crippen molar-refractivity contribution in [1.82, 2.24) is 14.8 Å². The van der Waals surface area contributed by atoms with Crippen molar-refractivity contribution in [2.24, 2.45) is 0 Å². The van der Waals surface area contributed by atoms with Gasteiger partial charge in [-0.2, -0.15) is 0 Å². The van der Waals surface area contributed by atoms with Crippen LogP contribution in [0, 0.1) is 5.82 Å². The van der Waals surface area contributed by atoms with Gasteiger partial charge in [-0.25, -0.2) is 4.39 Å². The monoisotopic (exact) mass is 513 g/mol. The Morgan fingerprint density at radius 2 is 1.79 bits per heavy atom. The lowest BCUT2D eigenvalue weighted by atomic mass is 9.85. The number of H-pyrrole nitrogens is 1. The predicted octanol–water partition coefficient (Wildman–Crippen LogP) is 4.25. The van der Waals surface area contributed by atoms with E-state index in [-0.39, 0.29) is 24.2 Å². The minimum absolute atomic E-state index is 0.0190. The highest BCUT2D eigenvalue weighted by Gasteiger charge is 2.48. The minimum atomic E-state index is -0.655. The van der Waals surface area contributed by atoms with Crippen LogP contribution < -0.4 is 9.47 Å². The molecule has 1 fully saturated rings. The van der Waals surface area contributed by atoms with Gasteiger partial charge in [-0.15, -0.1) is 0 Å². The van der Waals surface area contributed by atoms with E-state index in [9.17, 15) is 14.0 Å². The number of hydrogen-bond acceptors (Lipinski definition) is 4. The number of aromatic nitrogens is 1. The zero-order valence-electron chi connectivity index (χ0n) is 21.2. The Morgan fingerprint density at radius 1 is 1.00 bits per heavy atom. The third kappa shape index (κ3) is 3.97. The number of fused-ring (bicyclic) bond motifs is 4. The van der Waals surface area contributed by atoms with Crippen molar-refractivity contribution in [1.29, 1.82) is 0 Å². The molecule has 0 spiro atoms. The maximum atomic E-state index is 13.9. The third-order valence-corrected chi connectivity index (χ3v) is 7.66. The zero-order valence-corrected chi connectivity index (χ0v) is 21.2. The van der Waals surface area contributed by atoms with Gasteiger partial charge in [0, 0.05) is 35.1 Å². The lowest BCUT2D eigenvalue weighted by Gasteiger charge is -2.47. The molecule has 3 heterocycles. The molecule has 2 unspecified atom stereocenters. The van der Waals surface area contributed by atoms with Crippen LogP contribution >= 0.6 is 0 Å². The topological polar surface area (TPSA) is 74.9 Å². The summed E-state index contributed by atoms with van der Waals surface area (Å²) in [5, 5.41) is 1.04. The van der Waals surface area contributed by atoms with Crippen molar-refractivity contribution in [2.45, 2.75) is 24.9 Å². The van der Waals surface area contributed by atoms with E-state index in [4.69, 9.17) is 9.47 Å². The summed E-state index contributed by atoms with van der Waals surface area (Å²) in [4.78, 5) is 34.6. The number of aromatic amines is 1. The molecule has 6 rings (SSSR count). The first kappa shape index (κ1) is 24.0. The standard InChI is InChI=1S/C30H28FN3O4/c1-37-20-11-12-26(38-2)23(15-20)29-28-22(21-5-3-4-6-24(21)32-28)16-25-30(36)33(17-27(35)34(25)29)14-13-18-7-9-19(31)10-8-18/h3-12,15,25,29,32H,13-14,16-17H2,1-2H3. The van der Waals surface area contributed by atoms with Crippen molar-refractivity contribution < 1.29 is 23.5 Å². The normalized spacial score (nSPS) is 18.9. The molecule has 0 aliphatic carbocycles. The number of carbonyl (C=O) groups is 2. The molecule has 1 aromatic heterocycles. The Balaban J connectivity index is 1.42. The van der Waals surface area contributed by atoms with Crippen LogP contribution in [-0.4, -0.2) is 59.9 Å². The summed E-state index contributed by atoms with van der Waals surface area (Å²) in [5.41, 5.74) is 4.53. The zero-order chi connectivity index (χ0) is 26.4. The van der Waals surface area contributed by atoms with Gasteiger partial charge in [0.05, 0.1) is 20.8 Å². The van der Waals surface area contributed by atoms with Crippen LogP contribution in [0.5, 0.6) is 11.5 Å². The number of nitrogens with zero attached hydrogens (tertiary/aromatic N) is 2. The van der Waals surface area contributed by atoms with Crippen molar-refractivity contribution in [3.8, 4) is 11.5 Å². The maximum absolute atomic E-state index is 13.9. The van der Waals surface area contributed by atoms with E-state index in [1.807, 2.05) is 42.5 Å². The van der Waals surface area contributed by atoms with Crippen LogP contribution in [-0.2, 0) is 22.4 Å². The first-order chi connectivity index (χ1) is 18.5. The van der Waals surface area contributed by atoms with Gasteiger partial charge in [0.15, 0.2) is 0 Å². The molecule has 194 valence electrons. The molecule has 0 bridgehead atoms. The number of ether oxygens (including phenoxy) is 2. The van der Waals surface area contributed by atoms with E-state index < -0.39 is 12.1 Å². The lowest BCUT2D eigenvalue weighted by Crippen LogP contribution is -2.63. The van der Waals surface area contributed by atoms with E-state index >= 15 is 0 Å². The Bertz CT molecular complexity index is 1530. The summed E-state index contributed by atoms with van der Waals surface area (Å²) >= 11 is 0. The summed E-state index contributed by atoms with van der Waals surface area (Å²) < 4.78 is 24.6. The van der Waals surface area contributed by atoms with E-state index in [0.717, 1.165) is 33.3 Å². The van der Waals surface area contributed by atoms with Crippen LogP contribution in [0.4, 0.5) is 4.39 Å². The molecule has 2 aliphatic rings. The molecular formula is C30H28FN3O4. The molecule has 4 aromatic rings. The Labute approximate surface area is 219 Å². The summed E-state index contributed by atoms with van der Waals surface area (Å²) in [6.45, 7) is 0.364. The molecular weight excluding hydrogens is 485 g/mol. The van der Waals surface area contributed by atoms with Crippen LogP contribution in [0.2, 0.25) is 0 Å². The molecule has 1 saturated heterocycles. The third-order valence-electron chi connectivity index (χ3n) is 7.66. The smallest absolute Gasteiger partial charge is 0.246 e. The number of carbonyl (C=O) groups excluding carboxylic acids is 2. The minimum Gasteiger partial charge on any atom is -0.497 e. The van der Waals surface area contributed by atoms with Crippen molar-refractivity contribution in [2.75, 3.05) is 27.3 Å². The average molecular weight is 514 g/mol.